The zero-order valence-electron chi connectivity index (χ0n) is 19.9. The number of aliphatic hydroxyl groups is 1. The van der Waals surface area contributed by atoms with E-state index in [4.69, 9.17) is 13.7 Å². The van der Waals surface area contributed by atoms with Gasteiger partial charge in [-0.25, -0.2) is 0 Å². The molecule has 0 spiro atoms. The molecule has 4 aliphatic rings. The van der Waals surface area contributed by atoms with E-state index in [-0.39, 0.29) is 47.4 Å². The van der Waals surface area contributed by atoms with Crippen LogP contribution >= 0.6 is 0 Å². The number of ketones is 2. The fraction of sp³-hybridized carbons (Fsp3) is 0.833. The van der Waals surface area contributed by atoms with Crippen LogP contribution in [0.4, 0.5) is 0 Å². The van der Waals surface area contributed by atoms with Crippen molar-refractivity contribution in [3.05, 3.63) is 11.6 Å². The summed E-state index contributed by atoms with van der Waals surface area (Å²) in [4.78, 5) is 25.6. The molecule has 186 valence electrons. The number of carbonyl (C=O) groups excluding carboxylic acids is 2. The number of methoxy groups -OCH3 is 1. The number of hydrogen-bond acceptors (Lipinski definition) is 8. The predicted octanol–water partition coefficient (Wildman–Crippen LogP) is 2.25. The van der Waals surface area contributed by atoms with Crippen molar-refractivity contribution in [2.75, 3.05) is 26.8 Å². The predicted molar refractivity (Wildman–Crippen MR) is 120 cm³/mol. The topological polar surface area (TPSA) is 116 Å². The number of Topliss-reactive ketones (excluding diaryl/α,β-unsaturated/α-hetero) is 1. The second-order valence-corrected chi connectivity index (χ2v) is 12.6. The molecule has 3 fully saturated rings. The number of carbonyl (C=O) groups is 2. The normalized spacial score (nSPS) is 42.8. The van der Waals surface area contributed by atoms with Crippen LogP contribution in [0.2, 0.25) is 0 Å². The van der Waals surface area contributed by atoms with E-state index in [1.807, 2.05) is 0 Å². The zero-order chi connectivity index (χ0) is 24.2. The Morgan fingerprint density at radius 1 is 1.21 bits per heavy atom. The van der Waals surface area contributed by atoms with Crippen LogP contribution in [-0.2, 0) is 33.4 Å². The molecule has 0 amide bonds. The first kappa shape index (κ1) is 25.0. The van der Waals surface area contributed by atoms with Crippen molar-refractivity contribution in [3.63, 3.8) is 0 Å². The van der Waals surface area contributed by atoms with Gasteiger partial charge in [0, 0.05) is 13.0 Å². The monoisotopic (exact) mass is 484 g/mol. The summed E-state index contributed by atoms with van der Waals surface area (Å²) in [6.45, 7) is 3.83. The van der Waals surface area contributed by atoms with Gasteiger partial charge >= 0.3 is 0 Å². The summed E-state index contributed by atoms with van der Waals surface area (Å²) in [6, 6.07) is 0. The molecule has 0 heterocycles. The second-order valence-electron chi connectivity index (χ2n) is 10.9. The lowest BCUT2D eigenvalue weighted by Crippen LogP contribution is -2.58. The number of aliphatic hydroxyl groups excluding tert-OH is 1. The zero-order valence-corrected chi connectivity index (χ0v) is 20.7. The average molecular weight is 485 g/mol. The lowest BCUT2D eigenvalue weighted by atomic mass is 9.45. The molecule has 0 aromatic heterocycles. The summed E-state index contributed by atoms with van der Waals surface area (Å²) in [7, 11) is -2.17. The summed E-state index contributed by atoms with van der Waals surface area (Å²) >= 11 is 0. The molecule has 0 radical (unpaired) electrons. The maximum atomic E-state index is 12.9. The van der Waals surface area contributed by atoms with Gasteiger partial charge in [0.1, 0.15) is 19.5 Å². The molecular weight excluding hydrogens is 448 g/mol. The van der Waals surface area contributed by atoms with Crippen LogP contribution < -0.4 is 0 Å². The van der Waals surface area contributed by atoms with E-state index in [9.17, 15) is 23.1 Å². The minimum absolute atomic E-state index is 0.0153. The minimum Gasteiger partial charge on any atom is -0.393 e. The molecule has 3 saturated carbocycles. The van der Waals surface area contributed by atoms with Gasteiger partial charge in [-0.3, -0.25) is 13.8 Å². The molecule has 0 aliphatic heterocycles. The molecule has 0 aromatic rings. The van der Waals surface area contributed by atoms with Crippen molar-refractivity contribution < 1.29 is 36.8 Å². The number of rotatable bonds is 7. The van der Waals surface area contributed by atoms with Crippen molar-refractivity contribution >= 4 is 21.7 Å². The van der Waals surface area contributed by atoms with Gasteiger partial charge in [0.2, 0.25) is 0 Å². The molecule has 0 saturated heterocycles. The van der Waals surface area contributed by atoms with Crippen molar-refractivity contribution in [1.29, 1.82) is 0 Å². The molecule has 8 atom stereocenters. The Morgan fingerprint density at radius 2 is 1.94 bits per heavy atom. The quantitative estimate of drug-likeness (QED) is 0.432. The first-order valence-electron chi connectivity index (χ1n) is 11.8. The maximum absolute atomic E-state index is 12.9. The smallest absolute Gasteiger partial charge is 0.264 e. The first-order chi connectivity index (χ1) is 15.4. The molecule has 1 N–H and O–H groups in total. The Balaban J connectivity index is 1.58. The van der Waals surface area contributed by atoms with Gasteiger partial charge in [-0.2, -0.15) is 8.42 Å². The van der Waals surface area contributed by atoms with Crippen molar-refractivity contribution in [2.24, 2.45) is 34.5 Å². The molecule has 0 aromatic carbocycles. The number of ether oxygens (including phenoxy) is 2. The lowest BCUT2D eigenvalue weighted by Gasteiger charge is -2.60. The number of hydrogen-bond donors (Lipinski definition) is 1. The van der Waals surface area contributed by atoms with Crippen LogP contribution in [0.25, 0.3) is 0 Å². The van der Waals surface area contributed by atoms with E-state index >= 15 is 0 Å². The molecule has 8 nitrogen and oxygen atoms in total. The van der Waals surface area contributed by atoms with E-state index in [1.165, 1.54) is 7.11 Å². The summed E-state index contributed by atoms with van der Waals surface area (Å²) in [5.41, 5.74) is 0.352. The number of fused-ring (bicyclic) bond motifs is 5. The second kappa shape index (κ2) is 8.82. The Hall–Kier alpha value is -1.13. The van der Waals surface area contributed by atoms with E-state index in [1.54, 1.807) is 6.08 Å². The largest absolute Gasteiger partial charge is 0.393 e. The number of allylic oxidation sites excluding steroid dienone is 1. The SMILES string of the molecule is COCOC1C[C@@]2(C)C(=CC1=O)CC[C@@H]1[C@@H]2[C@@H](O)C[C@]2(C)[C@@H](C(=O)COS(C)(=O)=O)CC[C@@H]12. The fourth-order valence-electron chi connectivity index (χ4n) is 7.81. The van der Waals surface area contributed by atoms with Gasteiger partial charge in [-0.1, -0.05) is 19.4 Å². The molecule has 1 unspecified atom stereocenters. The standard InChI is InChI=1S/C24H36O8S/c1-23-11-21(31-13-30-3)18(25)9-14(23)5-6-15-16-7-8-17(20(27)12-32-33(4,28)29)24(16,2)10-19(26)22(15)23/h9,15-17,19,21-22,26H,5-8,10-13H2,1-4H3/t15-,16-,17+,19-,21?,22+,23-,24-/m0/s1. The van der Waals surface area contributed by atoms with Gasteiger partial charge in [0.05, 0.1) is 12.4 Å². The van der Waals surface area contributed by atoms with Crippen molar-refractivity contribution in [3.8, 4) is 0 Å². The highest BCUT2D eigenvalue weighted by Crippen LogP contribution is 2.66. The highest BCUT2D eigenvalue weighted by Gasteiger charge is 2.63. The molecule has 4 rings (SSSR count). The van der Waals surface area contributed by atoms with Crippen LogP contribution in [0.3, 0.4) is 0 Å². The van der Waals surface area contributed by atoms with Crippen LogP contribution in [0.15, 0.2) is 11.6 Å². The molecule has 0 bridgehead atoms. The Labute approximate surface area is 196 Å². The molecule has 33 heavy (non-hydrogen) atoms. The fourth-order valence-corrected chi connectivity index (χ4v) is 8.14. The van der Waals surface area contributed by atoms with E-state index < -0.39 is 34.3 Å². The van der Waals surface area contributed by atoms with Gasteiger partial charge in [-0.05, 0) is 73.2 Å². The summed E-state index contributed by atoms with van der Waals surface area (Å²) in [5.74, 6) is -0.0903. The van der Waals surface area contributed by atoms with Gasteiger partial charge in [-0.15, -0.1) is 0 Å². The third-order valence-electron chi connectivity index (χ3n) is 9.10. The van der Waals surface area contributed by atoms with Crippen LogP contribution in [0.5, 0.6) is 0 Å². The van der Waals surface area contributed by atoms with Crippen LogP contribution in [0, 0.1) is 34.5 Å². The van der Waals surface area contributed by atoms with Crippen molar-refractivity contribution in [1.82, 2.24) is 0 Å². The first-order valence-corrected chi connectivity index (χ1v) is 13.6. The van der Waals surface area contributed by atoms with E-state index in [0.717, 1.165) is 31.1 Å². The Bertz CT molecular complexity index is 942. The third kappa shape index (κ3) is 4.35. The van der Waals surface area contributed by atoms with Gasteiger partial charge < -0.3 is 14.6 Å². The molecular formula is C24H36O8S. The van der Waals surface area contributed by atoms with Gasteiger partial charge in [0.15, 0.2) is 11.6 Å². The average Bonchev–Trinajstić information content (AvgIpc) is 3.06. The minimum atomic E-state index is -3.69. The maximum Gasteiger partial charge on any atom is 0.264 e. The van der Waals surface area contributed by atoms with E-state index in [0.29, 0.717) is 19.3 Å². The molecule has 4 aliphatic carbocycles. The Kier molecular flexibility index (Phi) is 6.68. The summed E-state index contributed by atoms with van der Waals surface area (Å²) in [5, 5.41) is 11.5. The van der Waals surface area contributed by atoms with Crippen molar-refractivity contribution in [2.45, 2.75) is 64.6 Å². The van der Waals surface area contributed by atoms with E-state index in [2.05, 4.69) is 13.8 Å². The highest BCUT2D eigenvalue weighted by molar-refractivity contribution is 7.86. The van der Waals surface area contributed by atoms with Gasteiger partial charge in [0.25, 0.3) is 10.1 Å². The lowest BCUT2D eigenvalue weighted by molar-refractivity contribution is -0.160. The van der Waals surface area contributed by atoms with Crippen LogP contribution in [-0.4, -0.2) is 64.1 Å². The Morgan fingerprint density at radius 3 is 2.61 bits per heavy atom. The highest BCUT2D eigenvalue weighted by atomic mass is 32.2. The molecule has 9 heteroatoms. The summed E-state index contributed by atoms with van der Waals surface area (Å²) in [6.07, 6.45) is 5.70. The third-order valence-corrected chi connectivity index (χ3v) is 9.65. The van der Waals surface area contributed by atoms with Crippen LogP contribution in [0.1, 0.15) is 52.4 Å². The summed E-state index contributed by atoms with van der Waals surface area (Å²) < 4.78 is 38.2.